The molecule has 0 aliphatic heterocycles. The van der Waals surface area contributed by atoms with Crippen molar-refractivity contribution < 1.29 is 15.0 Å². The standard InChI is InChI=1S/C53H105NO3/c1-3-5-7-9-11-13-15-17-19-20-21-22-23-24-25-26-27-28-29-30-31-32-33-35-37-39-41-43-45-47-49-53(57)54-51(50-55)52(56)48-46-44-42-40-38-36-34-18-16-14-12-10-8-6-4-2/h24-25,51-52,55-56H,3-23,26-50H2,1-2H3,(H,54,57)/b25-24-. The number of hydrogen-bond acceptors (Lipinski definition) is 3. The minimum absolute atomic E-state index is 0.0262. The van der Waals surface area contributed by atoms with Gasteiger partial charge in [0.1, 0.15) is 0 Å². The number of nitrogens with one attached hydrogen (secondary N) is 1. The molecule has 0 aromatic heterocycles. The number of amides is 1. The molecule has 0 saturated carbocycles. The zero-order chi connectivity index (χ0) is 41.4. The highest BCUT2D eigenvalue weighted by atomic mass is 16.3. The highest BCUT2D eigenvalue weighted by Crippen LogP contribution is 2.17. The van der Waals surface area contributed by atoms with Crippen LogP contribution in [0.15, 0.2) is 12.2 Å². The quantitative estimate of drug-likeness (QED) is 0.0424. The van der Waals surface area contributed by atoms with Gasteiger partial charge in [-0.25, -0.2) is 0 Å². The smallest absolute Gasteiger partial charge is 0.220 e. The van der Waals surface area contributed by atoms with E-state index in [1.165, 1.54) is 250 Å². The van der Waals surface area contributed by atoms with E-state index in [4.69, 9.17) is 0 Å². The third-order valence-electron chi connectivity index (χ3n) is 12.5. The van der Waals surface area contributed by atoms with E-state index in [1.807, 2.05) is 0 Å². The van der Waals surface area contributed by atoms with Gasteiger partial charge < -0.3 is 15.5 Å². The van der Waals surface area contributed by atoms with Crippen molar-refractivity contribution in [3.05, 3.63) is 12.2 Å². The van der Waals surface area contributed by atoms with Crippen molar-refractivity contribution in [1.29, 1.82) is 0 Å². The second kappa shape index (κ2) is 49.5. The largest absolute Gasteiger partial charge is 0.394 e. The van der Waals surface area contributed by atoms with Gasteiger partial charge in [0, 0.05) is 6.42 Å². The van der Waals surface area contributed by atoms with Crippen molar-refractivity contribution >= 4 is 5.91 Å². The molecular weight excluding hydrogens is 699 g/mol. The Hall–Kier alpha value is -0.870. The van der Waals surface area contributed by atoms with Crippen LogP contribution in [0.2, 0.25) is 0 Å². The van der Waals surface area contributed by atoms with E-state index in [0.717, 1.165) is 25.7 Å². The molecule has 4 nitrogen and oxygen atoms in total. The van der Waals surface area contributed by atoms with Crippen LogP contribution in [0.5, 0.6) is 0 Å². The minimum atomic E-state index is -0.656. The molecule has 0 bridgehead atoms. The summed E-state index contributed by atoms with van der Waals surface area (Å²) in [5.41, 5.74) is 0. The number of unbranched alkanes of at least 4 members (excludes halogenated alkanes) is 40. The Morgan fingerprint density at radius 2 is 0.667 bits per heavy atom. The molecule has 1 amide bonds. The molecule has 4 heteroatoms. The highest BCUT2D eigenvalue weighted by molar-refractivity contribution is 5.76. The summed E-state index contributed by atoms with van der Waals surface area (Å²) in [5, 5.41) is 23.2. The first-order chi connectivity index (χ1) is 28.2. The number of carbonyl (C=O) groups is 1. The van der Waals surface area contributed by atoms with Crippen molar-refractivity contribution in [2.45, 2.75) is 315 Å². The fourth-order valence-electron chi connectivity index (χ4n) is 8.48. The first-order valence-electron chi connectivity index (χ1n) is 26.4. The van der Waals surface area contributed by atoms with Gasteiger partial charge in [0.25, 0.3) is 0 Å². The maximum Gasteiger partial charge on any atom is 0.220 e. The van der Waals surface area contributed by atoms with Gasteiger partial charge in [-0.05, 0) is 38.5 Å². The van der Waals surface area contributed by atoms with Crippen LogP contribution < -0.4 is 5.32 Å². The summed E-state index contributed by atoms with van der Waals surface area (Å²) in [4.78, 5) is 12.5. The number of allylic oxidation sites excluding steroid dienone is 2. The molecule has 3 N–H and O–H groups in total. The molecule has 0 fully saturated rings. The van der Waals surface area contributed by atoms with Crippen molar-refractivity contribution in [3.63, 3.8) is 0 Å². The van der Waals surface area contributed by atoms with Crippen LogP contribution in [-0.2, 0) is 4.79 Å². The number of hydrogen-bond donors (Lipinski definition) is 3. The van der Waals surface area contributed by atoms with E-state index >= 15 is 0 Å². The van der Waals surface area contributed by atoms with E-state index in [9.17, 15) is 15.0 Å². The molecule has 0 aliphatic carbocycles. The molecule has 0 rings (SSSR count). The number of rotatable bonds is 49. The SMILES string of the molecule is CCCCCCCCCCCCCC/C=C\CCCCCCCCCCCCCCCCC(=O)NC(CO)C(O)CCCCCCCCCCCCCCCCC. The first-order valence-corrected chi connectivity index (χ1v) is 26.4. The second-order valence-corrected chi connectivity index (χ2v) is 18.3. The predicted molar refractivity (Wildman–Crippen MR) is 253 cm³/mol. The van der Waals surface area contributed by atoms with Crippen molar-refractivity contribution in [1.82, 2.24) is 5.32 Å². The lowest BCUT2D eigenvalue weighted by atomic mass is 10.0. The number of aliphatic hydroxyl groups excluding tert-OH is 2. The van der Waals surface area contributed by atoms with Gasteiger partial charge in [-0.1, -0.05) is 270 Å². The lowest BCUT2D eigenvalue weighted by Crippen LogP contribution is -2.45. The Balaban J connectivity index is 3.41. The summed E-state index contributed by atoms with van der Waals surface area (Å²) in [7, 11) is 0. The van der Waals surface area contributed by atoms with Crippen molar-refractivity contribution in [3.8, 4) is 0 Å². The summed E-state index contributed by atoms with van der Waals surface area (Å²) < 4.78 is 0. The molecule has 0 spiro atoms. The summed E-state index contributed by atoms with van der Waals surface area (Å²) in [6.45, 7) is 4.39. The van der Waals surface area contributed by atoms with Gasteiger partial charge in [-0.2, -0.15) is 0 Å². The molecular formula is C53H105NO3. The Morgan fingerprint density at radius 3 is 0.965 bits per heavy atom. The number of aliphatic hydroxyl groups is 2. The summed E-state index contributed by atoms with van der Waals surface area (Å²) in [5.74, 6) is -0.0262. The van der Waals surface area contributed by atoms with E-state index < -0.39 is 12.1 Å². The Morgan fingerprint density at radius 1 is 0.404 bits per heavy atom. The predicted octanol–water partition coefficient (Wildman–Crippen LogP) is 17.0. The molecule has 0 aliphatic rings. The normalized spacial score (nSPS) is 12.8. The van der Waals surface area contributed by atoms with E-state index in [0.29, 0.717) is 12.8 Å². The summed E-state index contributed by atoms with van der Waals surface area (Å²) in [6, 6.07) is -0.532. The van der Waals surface area contributed by atoms with E-state index in [-0.39, 0.29) is 12.5 Å². The lowest BCUT2D eigenvalue weighted by molar-refractivity contribution is -0.123. The van der Waals surface area contributed by atoms with Crippen LogP contribution in [0.3, 0.4) is 0 Å². The molecule has 0 radical (unpaired) electrons. The highest BCUT2D eigenvalue weighted by Gasteiger charge is 2.20. The van der Waals surface area contributed by atoms with Gasteiger partial charge in [-0.15, -0.1) is 0 Å². The maximum absolute atomic E-state index is 12.5. The van der Waals surface area contributed by atoms with Crippen LogP contribution in [0.1, 0.15) is 303 Å². The average Bonchev–Trinajstić information content (AvgIpc) is 3.22. The van der Waals surface area contributed by atoms with Crippen molar-refractivity contribution in [2.24, 2.45) is 0 Å². The zero-order valence-electron chi connectivity index (χ0n) is 39.1. The van der Waals surface area contributed by atoms with Crippen molar-refractivity contribution in [2.75, 3.05) is 6.61 Å². The zero-order valence-corrected chi connectivity index (χ0v) is 39.1. The molecule has 0 heterocycles. The van der Waals surface area contributed by atoms with Gasteiger partial charge in [0.15, 0.2) is 0 Å². The second-order valence-electron chi connectivity index (χ2n) is 18.3. The average molecular weight is 804 g/mol. The Bertz CT molecular complexity index is 784. The first kappa shape index (κ1) is 56.1. The summed E-state index contributed by atoms with van der Waals surface area (Å²) >= 11 is 0. The molecule has 340 valence electrons. The molecule has 0 aromatic carbocycles. The van der Waals surface area contributed by atoms with Gasteiger partial charge in [0.2, 0.25) is 5.91 Å². The van der Waals surface area contributed by atoms with Gasteiger partial charge >= 0.3 is 0 Å². The Labute approximate surface area is 358 Å². The molecule has 57 heavy (non-hydrogen) atoms. The molecule has 2 unspecified atom stereocenters. The lowest BCUT2D eigenvalue weighted by Gasteiger charge is -2.22. The van der Waals surface area contributed by atoms with Gasteiger partial charge in [-0.3, -0.25) is 4.79 Å². The van der Waals surface area contributed by atoms with Crippen LogP contribution >= 0.6 is 0 Å². The maximum atomic E-state index is 12.5. The molecule has 2 atom stereocenters. The minimum Gasteiger partial charge on any atom is -0.394 e. The van der Waals surface area contributed by atoms with Crippen LogP contribution in [-0.4, -0.2) is 34.9 Å². The van der Waals surface area contributed by atoms with E-state index in [2.05, 4.69) is 31.3 Å². The monoisotopic (exact) mass is 804 g/mol. The third-order valence-corrected chi connectivity index (χ3v) is 12.5. The Kier molecular flexibility index (Phi) is 48.7. The fourth-order valence-corrected chi connectivity index (χ4v) is 8.48. The van der Waals surface area contributed by atoms with E-state index in [1.54, 1.807) is 0 Å². The third kappa shape index (κ3) is 46.1. The topological polar surface area (TPSA) is 69.6 Å². The van der Waals surface area contributed by atoms with Gasteiger partial charge in [0.05, 0.1) is 18.8 Å². The van der Waals surface area contributed by atoms with Crippen LogP contribution in [0, 0.1) is 0 Å². The summed E-state index contributed by atoms with van der Waals surface area (Å²) in [6.07, 6.45) is 63.3. The molecule has 0 saturated heterocycles. The number of carbonyl (C=O) groups excluding carboxylic acids is 1. The molecule has 0 aromatic rings. The fraction of sp³-hybridized carbons (Fsp3) is 0.943. The van der Waals surface area contributed by atoms with Crippen LogP contribution in [0.4, 0.5) is 0 Å². The van der Waals surface area contributed by atoms with Crippen LogP contribution in [0.25, 0.3) is 0 Å².